The van der Waals surface area contributed by atoms with Crippen LogP contribution in [0.5, 0.6) is 0 Å². The third-order valence-corrected chi connectivity index (χ3v) is 2.91. The maximum Gasteiger partial charge on any atom is 0.0420 e. The number of aryl methyl sites for hydroxylation is 2. The van der Waals surface area contributed by atoms with Crippen molar-refractivity contribution in [2.75, 3.05) is 6.54 Å². The zero-order chi connectivity index (χ0) is 13.8. The average Bonchev–Trinajstić information content (AvgIpc) is 2.24. The van der Waals surface area contributed by atoms with Gasteiger partial charge in [-0.2, -0.15) is 0 Å². The van der Waals surface area contributed by atoms with Gasteiger partial charge in [0.1, 0.15) is 0 Å². The van der Waals surface area contributed by atoms with Crippen molar-refractivity contribution in [1.82, 2.24) is 15.6 Å². The van der Waals surface area contributed by atoms with Gasteiger partial charge < -0.3 is 10.6 Å². The van der Waals surface area contributed by atoms with Crippen LogP contribution in [0.3, 0.4) is 0 Å². The maximum absolute atomic E-state index is 4.48. The molecule has 1 unspecified atom stereocenters. The summed E-state index contributed by atoms with van der Waals surface area (Å²) in [4.78, 5) is 4.48. The van der Waals surface area contributed by atoms with Gasteiger partial charge in [0.25, 0.3) is 0 Å². The molecule has 1 aromatic rings. The molecule has 2 N–H and O–H groups in total. The molecule has 0 bridgehead atoms. The molecular formula is C15H27N3. The molecule has 3 heteroatoms. The van der Waals surface area contributed by atoms with E-state index in [4.69, 9.17) is 0 Å². The van der Waals surface area contributed by atoms with Gasteiger partial charge >= 0.3 is 0 Å². The zero-order valence-corrected chi connectivity index (χ0v) is 12.6. The molecule has 102 valence electrons. The number of hydrogen-bond acceptors (Lipinski definition) is 3. The number of aromatic nitrogens is 1. The van der Waals surface area contributed by atoms with Gasteiger partial charge in [-0.25, -0.2) is 0 Å². The lowest BCUT2D eigenvalue weighted by atomic mass is 10.1. The van der Waals surface area contributed by atoms with E-state index in [0.717, 1.165) is 24.5 Å². The van der Waals surface area contributed by atoms with E-state index in [1.165, 1.54) is 5.56 Å². The third-order valence-electron chi connectivity index (χ3n) is 2.91. The average molecular weight is 249 g/mol. The van der Waals surface area contributed by atoms with Crippen molar-refractivity contribution in [3.63, 3.8) is 0 Å². The quantitative estimate of drug-likeness (QED) is 0.842. The van der Waals surface area contributed by atoms with Gasteiger partial charge in [0.05, 0.1) is 0 Å². The molecule has 3 nitrogen and oxygen atoms in total. The summed E-state index contributed by atoms with van der Waals surface area (Å²) >= 11 is 0. The minimum atomic E-state index is 0.178. The molecule has 0 aliphatic heterocycles. The van der Waals surface area contributed by atoms with Crippen molar-refractivity contribution in [3.05, 3.63) is 29.1 Å². The van der Waals surface area contributed by atoms with Gasteiger partial charge in [-0.3, -0.25) is 4.98 Å². The normalized spacial score (nSPS) is 13.7. The van der Waals surface area contributed by atoms with Crippen molar-refractivity contribution in [2.24, 2.45) is 0 Å². The number of hydrogen-bond donors (Lipinski definition) is 2. The molecule has 18 heavy (non-hydrogen) atoms. The molecule has 0 saturated heterocycles. The summed E-state index contributed by atoms with van der Waals surface area (Å²) in [6, 6.07) is 4.68. The Labute approximate surface area is 111 Å². The molecule has 0 amide bonds. The minimum Gasteiger partial charge on any atom is -0.311 e. The van der Waals surface area contributed by atoms with Crippen LogP contribution in [0.1, 0.15) is 44.6 Å². The number of pyridine rings is 1. The van der Waals surface area contributed by atoms with Gasteiger partial charge in [-0.1, -0.05) is 6.07 Å². The first kappa shape index (κ1) is 15.1. The molecule has 0 aliphatic carbocycles. The van der Waals surface area contributed by atoms with Crippen LogP contribution in [0.15, 0.2) is 12.1 Å². The summed E-state index contributed by atoms with van der Waals surface area (Å²) < 4.78 is 0. The molecule has 0 radical (unpaired) electrons. The van der Waals surface area contributed by atoms with E-state index in [2.05, 4.69) is 62.4 Å². The molecule has 0 fully saturated rings. The van der Waals surface area contributed by atoms with Crippen molar-refractivity contribution < 1.29 is 0 Å². The predicted octanol–water partition coefficient (Wildman–Crippen LogP) is 2.56. The van der Waals surface area contributed by atoms with Crippen LogP contribution in [0.2, 0.25) is 0 Å². The smallest absolute Gasteiger partial charge is 0.0420 e. The lowest BCUT2D eigenvalue weighted by molar-refractivity contribution is 0.387. The Morgan fingerprint density at radius 2 is 1.89 bits per heavy atom. The van der Waals surface area contributed by atoms with E-state index in [0.29, 0.717) is 6.04 Å². The van der Waals surface area contributed by atoms with Crippen molar-refractivity contribution >= 4 is 0 Å². The highest BCUT2D eigenvalue weighted by Gasteiger charge is 2.11. The van der Waals surface area contributed by atoms with Crippen molar-refractivity contribution in [3.8, 4) is 0 Å². The van der Waals surface area contributed by atoms with E-state index in [1.807, 2.05) is 6.92 Å². The van der Waals surface area contributed by atoms with Crippen LogP contribution in [0.25, 0.3) is 0 Å². The Morgan fingerprint density at radius 3 is 2.44 bits per heavy atom. The van der Waals surface area contributed by atoms with Gasteiger partial charge in [0.15, 0.2) is 0 Å². The van der Waals surface area contributed by atoms with E-state index in [9.17, 15) is 0 Å². The van der Waals surface area contributed by atoms with Crippen molar-refractivity contribution in [2.45, 2.75) is 59.7 Å². The summed E-state index contributed by atoms with van der Waals surface area (Å²) in [5.41, 5.74) is 3.66. The zero-order valence-electron chi connectivity index (χ0n) is 12.6. The molecule has 0 saturated carbocycles. The van der Waals surface area contributed by atoms with Gasteiger partial charge in [0.2, 0.25) is 0 Å². The van der Waals surface area contributed by atoms with E-state index in [-0.39, 0.29) is 5.54 Å². The van der Waals surface area contributed by atoms with Crippen molar-refractivity contribution in [1.29, 1.82) is 0 Å². The summed E-state index contributed by atoms with van der Waals surface area (Å²) in [7, 11) is 0. The molecule has 1 aromatic heterocycles. The second kappa shape index (κ2) is 6.30. The first-order chi connectivity index (χ1) is 8.28. The summed E-state index contributed by atoms with van der Waals surface area (Å²) in [6.07, 6.45) is 0. The Balaban J connectivity index is 2.40. The van der Waals surface area contributed by atoms with Crippen LogP contribution in [0.4, 0.5) is 0 Å². The van der Waals surface area contributed by atoms with Crippen LogP contribution in [-0.4, -0.2) is 23.1 Å². The number of nitrogens with zero attached hydrogens (tertiary/aromatic N) is 1. The van der Waals surface area contributed by atoms with Gasteiger partial charge in [-0.05, 0) is 53.2 Å². The Hall–Kier alpha value is -0.930. The molecular weight excluding hydrogens is 222 g/mol. The summed E-state index contributed by atoms with van der Waals surface area (Å²) in [5.74, 6) is 0. The molecule has 1 rings (SSSR count). The minimum absolute atomic E-state index is 0.178. The summed E-state index contributed by atoms with van der Waals surface area (Å²) in [5, 5.41) is 7.03. The lowest BCUT2D eigenvalue weighted by Gasteiger charge is -2.24. The number of nitrogens with one attached hydrogen (secondary N) is 2. The highest BCUT2D eigenvalue weighted by Crippen LogP contribution is 2.06. The molecule has 0 aliphatic rings. The fraction of sp³-hybridized carbons (Fsp3) is 0.667. The lowest BCUT2D eigenvalue weighted by Crippen LogP contribution is -2.44. The van der Waals surface area contributed by atoms with Crippen LogP contribution >= 0.6 is 0 Å². The Kier molecular flexibility index (Phi) is 5.29. The first-order valence-electron chi connectivity index (χ1n) is 6.69. The van der Waals surface area contributed by atoms with Crippen LogP contribution in [0, 0.1) is 13.8 Å². The fourth-order valence-corrected chi connectivity index (χ4v) is 1.72. The SMILES string of the molecule is Cc1ccc(CNC(C)CNC(C)(C)C)c(C)n1. The highest BCUT2D eigenvalue weighted by atomic mass is 15.0. The van der Waals surface area contributed by atoms with Crippen LogP contribution < -0.4 is 10.6 Å². The van der Waals surface area contributed by atoms with E-state index < -0.39 is 0 Å². The predicted molar refractivity (Wildman–Crippen MR) is 77.8 cm³/mol. The Bertz CT molecular complexity index is 380. The maximum atomic E-state index is 4.48. The topological polar surface area (TPSA) is 37.0 Å². The van der Waals surface area contributed by atoms with E-state index >= 15 is 0 Å². The van der Waals surface area contributed by atoms with E-state index in [1.54, 1.807) is 0 Å². The van der Waals surface area contributed by atoms with Crippen LogP contribution in [-0.2, 0) is 6.54 Å². The first-order valence-corrected chi connectivity index (χ1v) is 6.69. The Morgan fingerprint density at radius 1 is 1.22 bits per heavy atom. The molecule has 0 aromatic carbocycles. The third kappa shape index (κ3) is 5.61. The summed E-state index contributed by atoms with van der Waals surface area (Å²) in [6.45, 7) is 14.7. The van der Waals surface area contributed by atoms with Gasteiger partial charge in [0, 0.05) is 36.1 Å². The van der Waals surface area contributed by atoms with Gasteiger partial charge in [-0.15, -0.1) is 0 Å². The monoisotopic (exact) mass is 249 g/mol. The fourth-order valence-electron chi connectivity index (χ4n) is 1.72. The molecule has 1 heterocycles. The number of rotatable bonds is 5. The molecule has 0 spiro atoms. The highest BCUT2D eigenvalue weighted by molar-refractivity contribution is 5.21. The second-order valence-electron chi connectivity index (χ2n) is 6.11. The standard InChI is InChI=1S/C15H27N3/c1-11-7-8-14(13(3)18-11)10-16-12(2)9-17-15(4,5)6/h7-8,12,16-17H,9-10H2,1-6H3. The molecule has 1 atom stereocenters. The largest absolute Gasteiger partial charge is 0.311 e. The second-order valence-corrected chi connectivity index (χ2v) is 6.11.